The van der Waals surface area contributed by atoms with Gasteiger partial charge in [0.2, 0.25) is 0 Å². The zero-order valence-electron chi connectivity index (χ0n) is 12.6. The Bertz CT molecular complexity index is 289. The normalized spacial score (nSPS) is 18.0. The first-order valence-corrected chi connectivity index (χ1v) is 7.52. The van der Waals surface area contributed by atoms with Crippen LogP contribution in [0.3, 0.4) is 0 Å². The molecule has 1 rings (SSSR count). The van der Waals surface area contributed by atoms with Gasteiger partial charge in [-0.3, -0.25) is 4.79 Å². The van der Waals surface area contributed by atoms with Crippen LogP contribution in [0.15, 0.2) is 12.7 Å². The predicted octanol–water partition coefficient (Wildman–Crippen LogP) is 1.32. The number of carbonyl (C=O) groups excluding carboxylic acids is 1. The minimum absolute atomic E-state index is 0.0782. The third-order valence-electron chi connectivity index (χ3n) is 3.49. The van der Waals surface area contributed by atoms with E-state index >= 15 is 0 Å². The van der Waals surface area contributed by atoms with E-state index in [-0.39, 0.29) is 18.1 Å². The molecule has 0 radical (unpaired) electrons. The van der Waals surface area contributed by atoms with E-state index in [1.165, 1.54) is 0 Å². The highest BCUT2D eigenvalue weighted by Crippen LogP contribution is 2.15. The maximum absolute atomic E-state index is 12.2. The number of piperidine rings is 1. The Labute approximate surface area is 122 Å². The van der Waals surface area contributed by atoms with Crippen molar-refractivity contribution in [3.8, 4) is 0 Å². The lowest BCUT2D eigenvalue weighted by molar-refractivity contribution is -0.145. The average molecular weight is 284 g/mol. The van der Waals surface area contributed by atoms with Crippen LogP contribution in [0.5, 0.6) is 0 Å². The highest BCUT2D eigenvalue weighted by Gasteiger charge is 2.26. The van der Waals surface area contributed by atoms with Crippen molar-refractivity contribution in [2.75, 3.05) is 32.8 Å². The number of carbonyl (C=O) groups is 1. The van der Waals surface area contributed by atoms with Crippen LogP contribution < -0.4 is 5.73 Å². The van der Waals surface area contributed by atoms with E-state index in [4.69, 9.17) is 15.2 Å². The summed E-state index contributed by atoms with van der Waals surface area (Å²) in [4.78, 5) is 14.1. The molecule has 116 valence electrons. The summed E-state index contributed by atoms with van der Waals surface area (Å²) in [7, 11) is 0. The Morgan fingerprint density at radius 3 is 2.75 bits per heavy atom. The number of amides is 1. The highest BCUT2D eigenvalue weighted by molar-refractivity contribution is 5.80. The van der Waals surface area contributed by atoms with Crippen molar-refractivity contribution in [3.63, 3.8) is 0 Å². The third-order valence-corrected chi connectivity index (χ3v) is 3.49. The molecule has 5 heteroatoms. The number of likely N-dealkylation sites (tertiary alicyclic amines) is 1. The molecule has 0 spiro atoms. The monoisotopic (exact) mass is 284 g/mol. The minimum Gasteiger partial charge on any atom is -0.378 e. The minimum atomic E-state index is -0.371. The van der Waals surface area contributed by atoms with Gasteiger partial charge in [-0.1, -0.05) is 6.08 Å². The predicted molar refractivity (Wildman–Crippen MR) is 79.5 cm³/mol. The van der Waals surface area contributed by atoms with Crippen LogP contribution in [-0.2, 0) is 14.3 Å². The molecule has 0 aromatic carbocycles. The molecule has 0 aliphatic carbocycles. The van der Waals surface area contributed by atoms with Gasteiger partial charge < -0.3 is 20.1 Å². The van der Waals surface area contributed by atoms with Gasteiger partial charge in [0.15, 0.2) is 0 Å². The van der Waals surface area contributed by atoms with Gasteiger partial charge in [0.05, 0.1) is 12.7 Å². The molecule has 1 heterocycles. The molecular weight excluding hydrogens is 256 g/mol. The second-order valence-electron chi connectivity index (χ2n) is 5.13. The van der Waals surface area contributed by atoms with Crippen LogP contribution in [0.25, 0.3) is 0 Å². The number of nitrogens with zero attached hydrogens (tertiary/aromatic N) is 1. The zero-order valence-corrected chi connectivity index (χ0v) is 12.6. The van der Waals surface area contributed by atoms with E-state index < -0.39 is 0 Å². The Morgan fingerprint density at radius 1 is 1.45 bits per heavy atom. The summed E-state index contributed by atoms with van der Waals surface area (Å²) in [5.74, 6) is 0.0782. The lowest BCUT2D eigenvalue weighted by Crippen LogP contribution is -2.45. The van der Waals surface area contributed by atoms with Gasteiger partial charge in [-0.15, -0.1) is 6.58 Å². The van der Waals surface area contributed by atoms with E-state index in [0.29, 0.717) is 13.2 Å². The molecule has 1 amide bonds. The molecule has 1 fully saturated rings. The summed E-state index contributed by atoms with van der Waals surface area (Å²) < 4.78 is 11.2. The highest BCUT2D eigenvalue weighted by atomic mass is 16.5. The smallest absolute Gasteiger partial charge is 0.251 e. The Balaban J connectivity index is 2.22. The second kappa shape index (κ2) is 9.91. The van der Waals surface area contributed by atoms with Gasteiger partial charge in [-0.05, 0) is 39.2 Å². The molecule has 0 saturated carbocycles. The Hall–Kier alpha value is -0.910. The van der Waals surface area contributed by atoms with Crippen LogP contribution in [0, 0.1) is 0 Å². The summed E-state index contributed by atoms with van der Waals surface area (Å²) in [5, 5.41) is 0. The molecule has 0 aromatic rings. The van der Waals surface area contributed by atoms with E-state index in [1.54, 1.807) is 6.08 Å². The van der Waals surface area contributed by atoms with Crippen molar-refractivity contribution in [3.05, 3.63) is 12.7 Å². The van der Waals surface area contributed by atoms with Crippen LogP contribution in [0.4, 0.5) is 0 Å². The Morgan fingerprint density at radius 2 is 2.15 bits per heavy atom. The Kier molecular flexibility index (Phi) is 8.49. The molecule has 1 atom stereocenters. The molecule has 1 aliphatic rings. The summed E-state index contributed by atoms with van der Waals surface area (Å²) in [6, 6.07) is 0. The maximum Gasteiger partial charge on any atom is 0.251 e. The van der Waals surface area contributed by atoms with Crippen LogP contribution in [0.2, 0.25) is 0 Å². The molecular formula is C15H28N2O3. The molecule has 1 aliphatic heterocycles. The summed E-state index contributed by atoms with van der Waals surface area (Å²) >= 11 is 0. The van der Waals surface area contributed by atoms with Gasteiger partial charge in [0.25, 0.3) is 5.91 Å². The van der Waals surface area contributed by atoms with Gasteiger partial charge in [0.1, 0.15) is 6.10 Å². The summed E-state index contributed by atoms with van der Waals surface area (Å²) in [6.45, 7) is 8.88. The largest absolute Gasteiger partial charge is 0.378 e. The van der Waals surface area contributed by atoms with E-state index in [0.717, 1.165) is 45.4 Å². The topological polar surface area (TPSA) is 64.8 Å². The first-order valence-electron chi connectivity index (χ1n) is 7.52. The van der Waals surface area contributed by atoms with Crippen molar-refractivity contribution in [1.29, 1.82) is 0 Å². The SMILES string of the molecule is C=CCCOC(C)C(=O)N1CCC(OCCCN)CC1. The number of nitrogens with two attached hydrogens (primary N) is 1. The lowest BCUT2D eigenvalue weighted by atomic mass is 10.1. The number of hydrogen-bond acceptors (Lipinski definition) is 4. The van der Waals surface area contributed by atoms with Gasteiger partial charge in [-0.2, -0.15) is 0 Å². The second-order valence-corrected chi connectivity index (χ2v) is 5.13. The fourth-order valence-electron chi connectivity index (χ4n) is 2.23. The number of ether oxygens (including phenoxy) is 2. The van der Waals surface area contributed by atoms with Crippen LogP contribution in [0.1, 0.15) is 32.6 Å². The van der Waals surface area contributed by atoms with Crippen molar-refractivity contribution in [2.24, 2.45) is 5.73 Å². The van der Waals surface area contributed by atoms with Crippen molar-refractivity contribution < 1.29 is 14.3 Å². The standard InChI is InChI=1S/C15H28N2O3/c1-3-4-11-19-13(2)15(18)17-9-6-14(7-10-17)20-12-5-8-16/h3,13-14H,1,4-12,16H2,2H3. The molecule has 5 nitrogen and oxygen atoms in total. The van der Waals surface area contributed by atoms with E-state index in [1.807, 2.05) is 11.8 Å². The fourth-order valence-corrected chi connectivity index (χ4v) is 2.23. The first kappa shape index (κ1) is 17.1. The summed E-state index contributed by atoms with van der Waals surface area (Å²) in [6.07, 6.45) is 5.15. The molecule has 2 N–H and O–H groups in total. The lowest BCUT2D eigenvalue weighted by Gasteiger charge is -2.33. The van der Waals surface area contributed by atoms with Crippen molar-refractivity contribution in [2.45, 2.75) is 44.8 Å². The quantitative estimate of drug-likeness (QED) is 0.512. The van der Waals surface area contributed by atoms with Crippen molar-refractivity contribution >= 4 is 5.91 Å². The molecule has 0 aromatic heterocycles. The van der Waals surface area contributed by atoms with E-state index in [2.05, 4.69) is 6.58 Å². The van der Waals surface area contributed by atoms with Crippen LogP contribution in [-0.4, -0.2) is 55.9 Å². The molecule has 1 saturated heterocycles. The third kappa shape index (κ3) is 6.03. The van der Waals surface area contributed by atoms with Crippen LogP contribution >= 0.6 is 0 Å². The van der Waals surface area contributed by atoms with Gasteiger partial charge in [0, 0.05) is 19.7 Å². The first-order chi connectivity index (χ1) is 9.69. The molecule has 0 bridgehead atoms. The van der Waals surface area contributed by atoms with E-state index in [9.17, 15) is 4.79 Å². The fraction of sp³-hybridized carbons (Fsp3) is 0.800. The molecule has 1 unspecified atom stereocenters. The number of rotatable bonds is 9. The van der Waals surface area contributed by atoms with Gasteiger partial charge >= 0.3 is 0 Å². The van der Waals surface area contributed by atoms with Gasteiger partial charge in [-0.25, -0.2) is 0 Å². The van der Waals surface area contributed by atoms with Crippen molar-refractivity contribution in [1.82, 2.24) is 4.90 Å². The molecule has 20 heavy (non-hydrogen) atoms. The zero-order chi connectivity index (χ0) is 14.8. The summed E-state index contributed by atoms with van der Waals surface area (Å²) in [5.41, 5.74) is 5.44. The average Bonchev–Trinajstić information content (AvgIpc) is 2.47. The maximum atomic E-state index is 12.2. The number of hydrogen-bond donors (Lipinski definition) is 1.